The summed E-state index contributed by atoms with van der Waals surface area (Å²) in [5, 5.41) is 3.55. The van der Waals surface area contributed by atoms with Crippen molar-refractivity contribution in [3.8, 4) is 11.1 Å². The Kier molecular flexibility index (Phi) is 4.62. The fraction of sp³-hybridized carbons (Fsp3) is 0.333. The Morgan fingerprint density at radius 1 is 0.789 bits per heavy atom. The standard InChI is InChI=1S/C18H23N/c1-14(2)13-15(3)19-18-11-9-17(10-12-18)16-7-5-4-6-8-16/h4-12,14-15,19H,13H2,1-3H3. The van der Waals surface area contributed by atoms with E-state index in [1.807, 2.05) is 6.07 Å². The van der Waals surface area contributed by atoms with E-state index in [2.05, 4.69) is 74.6 Å². The highest BCUT2D eigenvalue weighted by Gasteiger charge is 2.04. The van der Waals surface area contributed by atoms with Crippen LogP contribution in [-0.4, -0.2) is 6.04 Å². The van der Waals surface area contributed by atoms with Gasteiger partial charge in [0.2, 0.25) is 0 Å². The Morgan fingerprint density at radius 2 is 1.37 bits per heavy atom. The van der Waals surface area contributed by atoms with Crippen LogP contribution >= 0.6 is 0 Å². The minimum Gasteiger partial charge on any atom is -0.383 e. The third kappa shape index (κ3) is 4.13. The summed E-state index contributed by atoms with van der Waals surface area (Å²) in [7, 11) is 0. The highest BCUT2D eigenvalue weighted by atomic mass is 14.9. The minimum absolute atomic E-state index is 0.516. The van der Waals surface area contributed by atoms with Gasteiger partial charge in [-0.05, 0) is 42.5 Å². The molecule has 1 nitrogen and oxygen atoms in total. The molecule has 1 atom stereocenters. The lowest BCUT2D eigenvalue weighted by Gasteiger charge is -2.17. The summed E-state index contributed by atoms with van der Waals surface area (Å²) in [5.74, 6) is 0.728. The molecule has 1 N–H and O–H groups in total. The first kappa shape index (κ1) is 13.7. The topological polar surface area (TPSA) is 12.0 Å². The zero-order valence-corrected chi connectivity index (χ0v) is 12.1. The number of rotatable bonds is 5. The number of anilines is 1. The first-order valence-corrected chi connectivity index (χ1v) is 7.07. The van der Waals surface area contributed by atoms with Gasteiger partial charge in [-0.3, -0.25) is 0 Å². The van der Waals surface area contributed by atoms with E-state index in [-0.39, 0.29) is 0 Å². The van der Waals surface area contributed by atoms with Gasteiger partial charge in [-0.2, -0.15) is 0 Å². The lowest BCUT2D eigenvalue weighted by Crippen LogP contribution is -2.17. The maximum absolute atomic E-state index is 3.55. The summed E-state index contributed by atoms with van der Waals surface area (Å²) >= 11 is 0. The van der Waals surface area contributed by atoms with Crippen LogP contribution in [0.1, 0.15) is 27.2 Å². The predicted molar refractivity (Wildman–Crippen MR) is 84.4 cm³/mol. The summed E-state index contributed by atoms with van der Waals surface area (Å²) in [6.45, 7) is 6.76. The number of benzene rings is 2. The Morgan fingerprint density at radius 3 is 1.95 bits per heavy atom. The molecular weight excluding hydrogens is 230 g/mol. The normalized spacial score (nSPS) is 12.4. The molecule has 0 fully saturated rings. The molecule has 2 rings (SSSR count). The average molecular weight is 253 g/mol. The molecule has 0 amide bonds. The fourth-order valence-electron chi connectivity index (χ4n) is 2.44. The predicted octanol–water partition coefficient (Wildman–Crippen LogP) is 5.20. The minimum atomic E-state index is 0.516. The second-order valence-corrected chi connectivity index (χ2v) is 5.62. The fourth-order valence-corrected chi connectivity index (χ4v) is 2.44. The Bertz CT molecular complexity index is 485. The maximum atomic E-state index is 3.55. The van der Waals surface area contributed by atoms with Crippen molar-refractivity contribution in [2.24, 2.45) is 5.92 Å². The van der Waals surface area contributed by atoms with Gasteiger partial charge in [0, 0.05) is 11.7 Å². The molecule has 1 unspecified atom stereocenters. The zero-order valence-electron chi connectivity index (χ0n) is 12.1. The summed E-state index contributed by atoms with van der Waals surface area (Å²) in [6.07, 6.45) is 1.19. The second kappa shape index (κ2) is 6.42. The largest absolute Gasteiger partial charge is 0.383 e. The van der Waals surface area contributed by atoms with E-state index in [4.69, 9.17) is 0 Å². The first-order chi connectivity index (χ1) is 9.15. The quantitative estimate of drug-likeness (QED) is 0.772. The second-order valence-electron chi connectivity index (χ2n) is 5.62. The third-order valence-corrected chi connectivity index (χ3v) is 3.23. The summed E-state index contributed by atoms with van der Waals surface area (Å²) in [5.41, 5.74) is 3.74. The smallest absolute Gasteiger partial charge is 0.0342 e. The molecule has 0 aliphatic heterocycles. The van der Waals surface area contributed by atoms with Crippen molar-refractivity contribution in [2.45, 2.75) is 33.2 Å². The zero-order chi connectivity index (χ0) is 13.7. The van der Waals surface area contributed by atoms with E-state index >= 15 is 0 Å². The molecule has 2 aromatic rings. The number of hydrogen-bond donors (Lipinski definition) is 1. The molecule has 0 spiro atoms. The van der Waals surface area contributed by atoms with Gasteiger partial charge in [0.15, 0.2) is 0 Å². The van der Waals surface area contributed by atoms with Gasteiger partial charge in [0.25, 0.3) is 0 Å². The van der Waals surface area contributed by atoms with Gasteiger partial charge in [-0.25, -0.2) is 0 Å². The van der Waals surface area contributed by atoms with Crippen molar-refractivity contribution in [3.05, 3.63) is 54.6 Å². The molecule has 2 aromatic carbocycles. The lowest BCUT2D eigenvalue weighted by atomic mass is 10.0. The van der Waals surface area contributed by atoms with E-state index in [0.29, 0.717) is 6.04 Å². The Balaban J connectivity index is 2.03. The van der Waals surface area contributed by atoms with Crippen LogP contribution in [-0.2, 0) is 0 Å². The van der Waals surface area contributed by atoms with Crippen molar-refractivity contribution < 1.29 is 0 Å². The van der Waals surface area contributed by atoms with Crippen LogP contribution in [0.5, 0.6) is 0 Å². The maximum Gasteiger partial charge on any atom is 0.0342 e. The average Bonchev–Trinajstić information content (AvgIpc) is 2.39. The molecule has 0 aromatic heterocycles. The van der Waals surface area contributed by atoms with E-state index in [0.717, 1.165) is 5.92 Å². The molecule has 100 valence electrons. The SMILES string of the molecule is CC(C)CC(C)Nc1ccc(-c2ccccc2)cc1. The van der Waals surface area contributed by atoms with Gasteiger partial charge < -0.3 is 5.32 Å². The Hall–Kier alpha value is -1.76. The van der Waals surface area contributed by atoms with Crippen LogP contribution in [0, 0.1) is 5.92 Å². The van der Waals surface area contributed by atoms with Crippen LogP contribution in [0.3, 0.4) is 0 Å². The van der Waals surface area contributed by atoms with Gasteiger partial charge in [-0.1, -0.05) is 56.3 Å². The molecular formula is C18H23N. The Labute approximate surface area is 116 Å². The van der Waals surface area contributed by atoms with Gasteiger partial charge in [0.1, 0.15) is 0 Å². The van der Waals surface area contributed by atoms with Crippen LogP contribution in [0.25, 0.3) is 11.1 Å². The number of nitrogens with one attached hydrogen (secondary N) is 1. The summed E-state index contributed by atoms with van der Waals surface area (Å²) in [4.78, 5) is 0. The van der Waals surface area contributed by atoms with Crippen molar-refractivity contribution in [1.82, 2.24) is 0 Å². The van der Waals surface area contributed by atoms with Crippen LogP contribution in [0.4, 0.5) is 5.69 Å². The highest BCUT2D eigenvalue weighted by Crippen LogP contribution is 2.21. The van der Waals surface area contributed by atoms with Crippen molar-refractivity contribution in [3.63, 3.8) is 0 Å². The monoisotopic (exact) mass is 253 g/mol. The molecule has 0 radical (unpaired) electrons. The van der Waals surface area contributed by atoms with Gasteiger partial charge in [0.05, 0.1) is 0 Å². The number of hydrogen-bond acceptors (Lipinski definition) is 1. The van der Waals surface area contributed by atoms with Crippen LogP contribution in [0.15, 0.2) is 54.6 Å². The summed E-state index contributed by atoms with van der Waals surface area (Å²) < 4.78 is 0. The van der Waals surface area contributed by atoms with E-state index < -0.39 is 0 Å². The molecule has 19 heavy (non-hydrogen) atoms. The molecule has 0 heterocycles. The van der Waals surface area contributed by atoms with Crippen LogP contribution < -0.4 is 5.32 Å². The lowest BCUT2D eigenvalue weighted by molar-refractivity contribution is 0.540. The third-order valence-electron chi connectivity index (χ3n) is 3.23. The summed E-state index contributed by atoms with van der Waals surface area (Å²) in [6, 6.07) is 19.7. The van der Waals surface area contributed by atoms with E-state index in [9.17, 15) is 0 Å². The van der Waals surface area contributed by atoms with Crippen molar-refractivity contribution in [2.75, 3.05) is 5.32 Å². The van der Waals surface area contributed by atoms with Gasteiger partial charge in [-0.15, -0.1) is 0 Å². The van der Waals surface area contributed by atoms with E-state index in [1.54, 1.807) is 0 Å². The first-order valence-electron chi connectivity index (χ1n) is 7.07. The molecule has 0 aliphatic carbocycles. The molecule has 0 aliphatic rings. The molecule has 0 saturated carbocycles. The van der Waals surface area contributed by atoms with Crippen molar-refractivity contribution in [1.29, 1.82) is 0 Å². The molecule has 0 saturated heterocycles. The molecule has 0 bridgehead atoms. The highest BCUT2D eigenvalue weighted by molar-refractivity contribution is 5.65. The van der Waals surface area contributed by atoms with Gasteiger partial charge >= 0.3 is 0 Å². The van der Waals surface area contributed by atoms with E-state index in [1.165, 1.54) is 23.2 Å². The van der Waals surface area contributed by atoms with Crippen molar-refractivity contribution >= 4 is 5.69 Å². The molecule has 1 heteroatoms. The van der Waals surface area contributed by atoms with Crippen LogP contribution in [0.2, 0.25) is 0 Å².